The lowest BCUT2D eigenvalue weighted by Crippen LogP contribution is -2.13. The number of benzene rings is 1. The van der Waals surface area contributed by atoms with E-state index in [2.05, 4.69) is 15.5 Å². The lowest BCUT2D eigenvalue weighted by atomic mass is 10.1. The van der Waals surface area contributed by atoms with Gasteiger partial charge in [0.2, 0.25) is 11.7 Å². The van der Waals surface area contributed by atoms with Crippen LogP contribution in [0.4, 0.5) is 5.69 Å². The molecule has 0 spiro atoms. The maximum absolute atomic E-state index is 12.4. The van der Waals surface area contributed by atoms with Crippen molar-refractivity contribution in [1.29, 1.82) is 0 Å². The molecule has 0 radical (unpaired) electrons. The van der Waals surface area contributed by atoms with Crippen LogP contribution in [0.2, 0.25) is 0 Å². The standard InChI is InChI=1S/C18H18N4O4/c1-22-10-9-19-18(22)17(24)12-3-5-13(6-4-12)20-15(23)8-7-14-11-16(25-2)21-26-14/h3-6,9-11H,7-8H2,1-2H3,(H,20,23). The number of nitrogens with zero attached hydrogens (tertiary/aromatic N) is 3. The van der Waals surface area contributed by atoms with Crippen molar-refractivity contribution in [1.82, 2.24) is 14.7 Å². The summed E-state index contributed by atoms with van der Waals surface area (Å²) >= 11 is 0. The molecule has 0 fully saturated rings. The molecular formula is C18H18N4O4. The Balaban J connectivity index is 1.56. The van der Waals surface area contributed by atoms with E-state index in [0.717, 1.165) is 0 Å². The van der Waals surface area contributed by atoms with Gasteiger partial charge in [-0.05, 0) is 29.4 Å². The van der Waals surface area contributed by atoms with Crippen LogP contribution in [0.1, 0.15) is 28.4 Å². The van der Waals surface area contributed by atoms with E-state index in [1.54, 1.807) is 54.3 Å². The van der Waals surface area contributed by atoms with Gasteiger partial charge in [0.15, 0.2) is 5.82 Å². The maximum Gasteiger partial charge on any atom is 0.254 e. The summed E-state index contributed by atoms with van der Waals surface area (Å²) in [6.45, 7) is 0. The Morgan fingerprint density at radius 3 is 2.65 bits per heavy atom. The Labute approximate surface area is 149 Å². The number of ketones is 1. The lowest BCUT2D eigenvalue weighted by Gasteiger charge is -2.06. The molecule has 0 aliphatic carbocycles. The number of ether oxygens (including phenoxy) is 1. The van der Waals surface area contributed by atoms with Crippen molar-refractivity contribution in [3.63, 3.8) is 0 Å². The van der Waals surface area contributed by atoms with E-state index in [4.69, 9.17) is 9.26 Å². The molecule has 3 rings (SSSR count). The minimum Gasteiger partial charge on any atom is -0.479 e. The Kier molecular flexibility index (Phi) is 5.12. The first kappa shape index (κ1) is 17.4. The van der Waals surface area contributed by atoms with Crippen LogP contribution in [-0.2, 0) is 18.3 Å². The number of aromatic nitrogens is 3. The fraction of sp³-hybridized carbons (Fsp3) is 0.222. The molecule has 0 saturated heterocycles. The van der Waals surface area contributed by atoms with Crippen LogP contribution in [-0.4, -0.2) is 33.5 Å². The van der Waals surface area contributed by atoms with Crippen molar-refractivity contribution in [2.75, 3.05) is 12.4 Å². The topological polar surface area (TPSA) is 99.2 Å². The zero-order valence-electron chi connectivity index (χ0n) is 14.4. The number of imidazole rings is 1. The molecule has 2 aromatic heterocycles. The van der Waals surface area contributed by atoms with Crippen LogP contribution in [0.25, 0.3) is 0 Å². The van der Waals surface area contributed by atoms with Crippen LogP contribution in [0.5, 0.6) is 5.88 Å². The molecule has 3 aromatic rings. The minimum absolute atomic E-state index is 0.163. The summed E-state index contributed by atoms with van der Waals surface area (Å²) in [6.07, 6.45) is 3.95. The molecule has 2 heterocycles. The van der Waals surface area contributed by atoms with E-state index >= 15 is 0 Å². The molecule has 0 atom stereocenters. The van der Waals surface area contributed by atoms with Gasteiger partial charge in [0, 0.05) is 49.6 Å². The van der Waals surface area contributed by atoms with Crippen LogP contribution >= 0.6 is 0 Å². The van der Waals surface area contributed by atoms with E-state index in [9.17, 15) is 9.59 Å². The molecule has 1 N–H and O–H groups in total. The number of rotatable bonds is 7. The number of carbonyl (C=O) groups excluding carboxylic acids is 2. The lowest BCUT2D eigenvalue weighted by molar-refractivity contribution is -0.116. The third kappa shape index (κ3) is 3.97. The van der Waals surface area contributed by atoms with Crippen molar-refractivity contribution in [2.24, 2.45) is 7.05 Å². The quantitative estimate of drug-likeness (QED) is 0.653. The fourth-order valence-corrected chi connectivity index (χ4v) is 2.39. The monoisotopic (exact) mass is 354 g/mol. The third-order valence-electron chi connectivity index (χ3n) is 3.80. The molecule has 1 aromatic carbocycles. The van der Waals surface area contributed by atoms with Gasteiger partial charge in [0.05, 0.1) is 7.11 Å². The summed E-state index contributed by atoms with van der Waals surface area (Å²) < 4.78 is 11.6. The molecule has 134 valence electrons. The van der Waals surface area contributed by atoms with E-state index in [-0.39, 0.29) is 18.1 Å². The molecule has 0 aliphatic rings. The second-order valence-corrected chi connectivity index (χ2v) is 5.65. The van der Waals surface area contributed by atoms with E-state index in [0.29, 0.717) is 35.1 Å². The predicted molar refractivity (Wildman–Crippen MR) is 93.1 cm³/mol. The fourth-order valence-electron chi connectivity index (χ4n) is 2.39. The highest BCUT2D eigenvalue weighted by Gasteiger charge is 2.14. The van der Waals surface area contributed by atoms with Gasteiger partial charge >= 0.3 is 0 Å². The molecule has 1 amide bonds. The van der Waals surface area contributed by atoms with Gasteiger partial charge in [-0.25, -0.2) is 4.98 Å². The Bertz CT molecular complexity index is 911. The highest BCUT2D eigenvalue weighted by Crippen LogP contribution is 2.15. The molecule has 8 heteroatoms. The summed E-state index contributed by atoms with van der Waals surface area (Å²) in [5.74, 6) is 0.990. The first-order chi connectivity index (χ1) is 12.6. The van der Waals surface area contributed by atoms with Gasteiger partial charge in [-0.3, -0.25) is 9.59 Å². The molecular weight excluding hydrogens is 336 g/mol. The van der Waals surface area contributed by atoms with Crippen LogP contribution in [0.15, 0.2) is 47.2 Å². The normalized spacial score (nSPS) is 10.5. The zero-order valence-corrected chi connectivity index (χ0v) is 14.4. The smallest absolute Gasteiger partial charge is 0.254 e. The average Bonchev–Trinajstić information content (AvgIpc) is 3.28. The second kappa shape index (κ2) is 7.64. The molecule has 0 unspecified atom stereocenters. The van der Waals surface area contributed by atoms with Crippen molar-refractivity contribution in [2.45, 2.75) is 12.8 Å². The Morgan fingerprint density at radius 2 is 2.04 bits per heavy atom. The minimum atomic E-state index is -0.172. The van der Waals surface area contributed by atoms with Gasteiger partial charge in [-0.15, -0.1) is 0 Å². The Hall–Kier alpha value is -3.42. The highest BCUT2D eigenvalue weighted by molar-refractivity contribution is 6.07. The van der Waals surface area contributed by atoms with Gasteiger partial charge in [-0.2, -0.15) is 0 Å². The van der Waals surface area contributed by atoms with Crippen molar-refractivity contribution < 1.29 is 18.8 Å². The van der Waals surface area contributed by atoms with E-state index in [1.807, 2.05) is 0 Å². The summed E-state index contributed by atoms with van der Waals surface area (Å²) in [5, 5.41) is 6.46. The number of aryl methyl sites for hydroxylation is 2. The number of anilines is 1. The summed E-state index contributed by atoms with van der Waals surface area (Å²) in [4.78, 5) is 28.4. The summed E-state index contributed by atoms with van der Waals surface area (Å²) in [7, 11) is 3.26. The molecule has 0 saturated carbocycles. The van der Waals surface area contributed by atoms with Crippen LogP contribution in [0, 0.1) is 0 Å². The number of carbonyl (C=O) groups is 2. The number of hydrogen-bond acceptors (Lipinski definition) is 6. The van der Waals surface area contributed by atoms with Gasteiger partial charge in [-0.1, -0.05) is 0 Å². The van der Waals surface area contributed by atoms with E-state index < -0.39 is 0 Å². The molecule has 8 nitrogen and oxygen atoms in total. The zero-order chi connectivity index (χ0) is 18.5. The van der Waals surface area contributed by atoms with Crippen molar-refractivity contribution in [3.8, 4) is 5.88 Å². The summed E-state index contributed by atoms with van der Waals surface area (Å²) in [6, 6.07) is 8.34. The predicted octanol–water partition coefficient (Wildman–Crippen LogP) is 2.22. The molecule has 0 bridgehead atoms. The number of methoxy groups -OCH3 is 1. The van der Waals surface area contributed by atoms with Crippen LogP contribution in [0.3, 0.4) is 0 Å². The van der Waals surface area contributed by atoms with Gasteiger partial charge in [0.25, 0.3) is 5.88 Å². The van der Waals surface area contributed by atoms with Crippen molar-refractivity contribution >= 4 is 17.4 Å². The largest absolute Gasteiger partial charge is 0.479 e. The first-order valence-electron chi connectivity index (χ1n) is 7.98. The number of amides is 1. The number of hydrogen-bond donors (Lipinski definition) is 1. The van der Waals surface area contributed by atoms with Crippen molar-refractivity contribution in [3.05, 3.63) is 59.9 Å². The second-order valence-electron chi connectivity index (χ2n) is 5.65. The maximum atomic E-state index is 12.4. The molecule has 0 aliphatic heterocycles. The highest BCUT2D eigenvalue weighted by atomic mass is 16.5. The third-order valence-corrected chi connectivity index (χ3v) is 3.80. The average molecular weight is 354 g/mol. The molecule has 26 heavy (non-hydrogen) atoms. The number of nitrogens with one attached hydrogen (secondary N) is 1. The Morgan fingerprint density at radius 1 is 1.27 bits per heavy atom. The van der Waals surface area contributed by atoms with Gasteiger partial charge < -0.3 is 19.1 Å². The summed E-state index contributed by atoms with van der Waals surface area (Å²) in [5.41, 5.74) is 1.12. The van der Waals surface area contributed by atoms with Gasteiger partial charge in [0.1, 0.15) is 5.76 Å². The SMILES string of the molecule is COc1cc(CCC(=O)Nc2ccc(C(=O)c3nccn3C)cc2)on1. The first-order valence-corrected chi connectivity index (χ1v) is 7.98. The van der Waals surface area contributed by atoms with E-state index in [1.165, 1.54) is 7.11 Å². The van der Waals surface area contributed by atoms with Crippen LogP contribution < -0.4 is 10.1 Å².